The van der Waals surface area contributed by atoms with E-state index in [0.717, 1.165) is 16.7 Å². The van der Waals surface area contributed by atoms with E-state index in [1.165, 1.54) is 21.6 Å². The van der Waals surface area contributed by atoms with Crippen LogP contribution in [0.1, 0.15) is 53.6 Å². The lowest BCUT2D eigenvalue weighted by atomic mass is 9.74. The first kappa shape index (κ1) is 38.0. The molecule has 5 rings (SSSR count). The average molecular weight is 695 g/mol. The lowest BCUT2D eigenvalue weighted by molar-refractivity contribution is -0.243. The van der Waals surface area contributed by atoms with E-state index < -0.39 is 17.6 Å². The predicted molar refractivity (Wildman–Crippen MR) is 204 cm³/mol. The highest BCUT2D eigenvalue weighted by molar-refractivity contribution is 8.00. The Morgan fingerprint density at radius 2 is 1.26 bits per heavy atom. The van der Waals surface area contributed by atoms with Crippen molar-refractivity contribution in [3.8, 4) is 0 Å². The molecule has 0 aromatic heterocycles. The van der Waals surface area contributed by atoms with Gasteiger partial charge in [-0.2, -0.15) is 0 Å². The van der Waals surface area contributed by atoms with Gasteiger partial charge in [0.2, 0.25) is 0 Å². The molecule has 1 fully saturated rings. The smallest absolute Gasteiger partial charge is 0.114 e. The molecule has 4 aromatic rings. The van der Waals surface area contributed by atoms with Crippen LogP contribution in [0.3, 0.4) is 0 Å². The Morgan fingerprint density at radius 1 is 0.760 bits per heavy atom. The van der Waals surface area contributed by atoms with Gasteiger partial charge < -0.3 is 23.7 Å². The minimum absolute atomic E-state index is 0.129. The molecule has 1 heterocycles. The van der Waals surface area contributed by atoms with Crippen LogP contribution in [-0.4, -0.2) is 49.5 Å². The molecular weight excluding hydrogens is 641 g/mol. The van der Waals surface area contributed by atoms with Crippen molar-refractivity contribution in [1.29, 1.82) is 0 Å². The van der Waals surface area contributed by atoms with Crippen LogP contribution < -0.4 is 0 Å². The molecule has 4 aromatic carbocycles. The second-order valence-corrected chi connectivity index (χ2v) is 15.2. The van der Waals surface area contributed by atoms with E-state index in [9.17, 15) is 0 Å². The van der Waals surface area contributed by atoms with E-state index in [1.54, 1.807) is 7.11 Å². The van der Waals surface area contributed by atoms with Gasteiger partial charge >= 0.3 is 0 Å². The molecule has 6 heteroatoms. The quantitative estimate of drug-likeness (QED) is 0.103. The summed E-state index contributed by atoms with van der Waals surface area (Å²) in [6.07, 6.45) is 1.08. The Labute approximate surface area is 304 Å². The third-order valence-electron chi connectivity index (χ3n) is 9.69. The van der Waals surface area contributed by atoms with Crippen molar-refractivity contribution in [2.75, 3.05) is 13.7 Å². The van der Waals surface area contributed by atoms with Gasteiger partial charge in [-0.05, 0) is 55.0 Å². The molecule has 0 unspecified atom stereocenters. The third kappa shape index (κ3) is 9.75. The summed E-state index contributed by atoms with van der Waals surface area (Å²) in [6.45, 7) is 16.8. The van der Waals surface area contributed by atoms with Crippen LogP contribution in [0.4, 0.5) is 0 Å². The summed E-state index contributed by atoms with van der Waals surface area (Å²) >= 11 is 1.85. The highest BCUT2D eigenvalue weighted by atomic mass is 32.2. The Balaban J connectivity index is 1.59. The summed E-state index contributed by atoms with van der Waals surface area (Å²) in [7, 11) is 1.78. The van der Waals surface area contributed by atoms with Crippen molar-refractivity contribution in [2.45, 2.75) is 102 Å². The van der Waals surface area contributed by atoms with Crippen LogP contribution in [0.2, 0.25) is 0 Å². The minimum atomic E-state index is -0.427. The van der Waals surface area contributed by atoms with E-state index >= 15 is 0 Å². The molecule has 0 saturated carbocycles. The summed E-state index contributed by atoms with van der Waals surface area (Å²) in [6, 6.07) is 35.5. The zero-order chi connectivity index (χ0) is 35.5. The van der Waals surface area contributed by atoms with Gasteiger partial charge in [-0.3, -0.25) is 0 Å². The minimum Gasteiger partial charge on any atom is -0.380 e. The molecule has 50 heavy (non-hydrogen) atoms. The number of hydrogen-bond acceptors (Lipinski definition) is 6. The topological polar surface area (TPSA) is 46.2 Å². The first-order chi connectivity index (χ1) is 24.2. The van der Waals surface area contributed by atoms with Crippen molar-refractivity contribution in [2.24, 2.45) is 5.41 Å². The molecule has 1 saturated heterocycles. The van der Waals surface area contributed by atoms with E-state index in [1.807, 2.05) is 60.3 Å². The van der Waals surface area contributed by atoms with Gasteiger partial charge in [-0.25, -0.2) is 0 Å². The van der Waals surface area contributed by atoms with Crippen molar-refractivity contribution in [1.82, 2.24) is 0 Å². The van der Waals surface area contributed by atoms with E-state index in [-0.39, 0.29) is 23.6 Å². The van der Waals surface area contributed by atoms with Gasteiger partial charge in [-0.15, -0.1) is 18.3 Å². The van der Waals surface area contributed by atoms with Gasteiger partial charge in [-0.1, -0.05) is 129 Å². The maximum atomic E-state index is 7.32. The normalized spacial score (nSPS) is 21.5. The molecule has 0 aliphatic carbocycles. The van der Waals surface area contributed by atoms with Crippen LogP contribution in [-0.2, 0) is 43.5 Å². The molecule has 5 nitrogen and oxygen atoms in total. The largest absolute Gasteiger partial charge is 0.380 e. The number of thioether (sulfide) groups is 1. The highest BCUT2D eigenvalue weighted by Gasteiger charge is 2.54. The number of rotatable bonds is 17. The number of benzene rings is 4. The van der Waals surface area contributed by atoms with Gasteiger partial charge in [0, 0.05) is 17.4 Å². The zero-order valence-corrected chi connectivity index (χ0v) is 31.4. The molecule has 0 amide bonds. The first-order valence-electron chi connectivity index (χ1n) is 17.7. The Morgan fingerprint density at radius 3 is 1.76 bits per heavy atom. The SMILES string of the molecule is C=CC[C@H](OC)C(C)(C)[C@@H]1O[C@H](COCc2ccccc2)[C@@H](OCc2ccccc2)[C@H](OCc2ccccc2)[C@H]1Sc1c(C)cc(C)cc1C. The standard InChI is InChI=1S/C44H54O5S/c1-8-18-38(45-7)44(5,6)43-42(50-41-32(3)25-31(2)26-33(41)4)40(48-29-36-23-16-11-17-24-36)39(47-28-35-21-14-10-15-22-35)37(49-43)30-46-27-34-19-12-9-13-20-34/h8-17,19-26,37-40,42-43H,1,18,27-30H2,2-7H3/t37-,38+,39-,40+,42-,43-/m1/s1. The average Bonchev–Trinajstić information content (AvgIpc) is 3.12. The Bertz CT molecular complexity index is 1590. The van der Waals surface area contributed by atoms with Crippen LogP contribution in [0.15, 0.2) is 121 Å². The zero-order valence-electron chi connectivity index (χ0n) is 30.5. The summed E-state index contributed by atoms with van der Waals surface area (Å²) in [4.78, 5) is 1.25. The molecule has 1 aliphatic rings. The van der Waals surface area contributed by atoms with E-state index in [0.29, 0.717) is 32.8 Å². The number of methoxy groups -OCH3 is 1. The third-order valence-corrected chi connectivity index (χ3v) is 11.4. The van der Waals surface area contributed by atoms with Crippen LogP contribution in [0, 0.1) is 26.2 Å². The van der Waals surface area contributed by atoms with E-state index in [2.05, 4.69) is 102 Å². The van der Waals surface area contributed by atoms with Gasteiger partial charge in [0.1, 0.15) is 18.3 Å². The monoisotopic (exact) mass is 694 g/mol. The molecule has 1 aliphatic heterocycles. The number of hydrogen-bond donors (Lipinski definition) is 0. The van der Waals surface area contributed by atoms with Crippen LogP contribution in [0.5, 0.6) is 0 Å². The first-order valence-corrected chi connectivity index (χ1v) is 18.6. The number of aryl methyl sites for hydroxylation is 3. The maximum Gasteiger partial charge on any atom is 0.114 e. The molecule has 0 N–H and O–H groups in total. The van der Waals surface area contributed by atoms with Crippen molar-refractivity contribution in [3.05, 3.63) is 149 Å². The fourth-order valence-corrected chi connectivity index (χ4v) is 8.76. The molecule has 0 bridgehead atoms. The van der Waals surface area contributed by atoms with Crippen molar-refractivity contribution in [3.63, 3.8) is 0 Å². The van der Waals surface area contributed by atoms with Gasteiger partial charge in [0.15, 0.2) is 0 Å². The van der Waals surface area contributed by atoms with Crippen LogP contribution >= 0.6 is 11.8 Å². The summed E-state index contributed by atoms with van der Waals surface area (Å²) in [5.74, 6) is 0. The molecule has 266 valence electrons. The lowest BCUT2D eigenvalue weighted by Crippen LogP contribution is -2.64. The van der Waals surface area contributed by atoms with Crippen molar-refractivity contribution >= 4 is 11.8 Å². The molecule has 0 radical (unpaired) electrons. The highest BCUT2D eigenvalue weighted by Crippen LogP contribution is 2.47. The number of ether oxygens (including phenoxy) is 5. The molecular formula is C44H54O5S. The van der Waals surface area contributed by atoms with Crippen molar-refractivity contribution < 1.29 is 23.7 Å². The fourth-order valence-electron chi connectivity index (χ4n) is 7.10. The summed E-state index contributed by atoms with van der Waals surface area (Å²) in [5, 5.41) is -0.137. The van der Waals surface area contributed by atoms with Gasteiger partial charge in [0.05, 0.1) is 43.9 Å². The summed E-state index contributed by atoms with van der Waals surface area (Å²) in [5.41, 5.74) is 6.64. The maximum absolute atomic E-state index is 7.32. The molecule has 6 atom stereocenters. The van der Waals surface area contributed by atoms with Crippen LogP contribution in [0.25, 0.3) is 0 Å². The second kappa shape index (κ2) is 18.3. The Kier molecular flexibility index (Phi) is 13.9. The second-order valence-electron chi connectivity index (χ2n) is 14.0. The van der Waals surface area contributed by atoms with E-state index in [4.69, 9.17) is 23.7 Å². The fraction of sp³-hybridized carbons (Fsp3) is 0.409. The lowest BCUT2D eigenvalue weighted by Gasteiger charge is -2.52. The Hall–Kier alpha value is -3.23. The van der Waals surface area contributed by atoms with Gasteiger partial charge in [0.25, 0.3) is 0 Å². The molecule has 0 spiro atoms. The summed E-state index contributed by atoms with van der Waals surface area (Å²) < 4.78 is 34.0. The predicted octanol–water partition coefficient (Wildman–Crippen LogP) is 9.84.